The molecule has 3 aromatic rings. The zero-order chi connectivity index (χ0) is 26.7. The first kappa shape index (κ1) is 25.9. The summed E-state index contributed by atoms with van der Waals surface area (Å²) in [7, 11) is 1.79. The second kappa shape index (κ2) is 10.4. The smallest absolute Gasteiger partial charge is 0.471 e. The lowest BCUT2D eigenvalue weighted by Crippen LogP contribution is -2.49. The Hall–Kier alpha value is -4.16. The van der Waals surface area contributed by atoms with Gasteiger partial charge in [0.2, 0.25) is 11.8 Å². The molecule has 1 aromatic carbocycles. The molecule has 13 heteroatoms. The van der Waals surface area contributed by atoms with Crippen LogP contribution in [-0.4, -0.2) is 63.0 Å². The number of imidazole rings is 1. The van der Waals surface area contributed by atoms with Gasteiger partial charge in [0.1, 0.15) is 17.4 Å². The van der Waals surface area contributed by atoms with Crippen LogP contribution in [0.25, 0.3) is 11.3 Å². The number of halogens is 4. The van der Waals surface area contributed by atoms with Gasteiger partial charge in [-0.25, -0.2) is 14.4 Å². The molecule has 0 bridgehead atoms. The first-order valence-electron chi connectivity index (χ1n) is 11.2. The lowest BCUT2D eigenvalue weighted by Gasteiger charge is -2.34. The summed E-state index contributed by atoms with van der Waals surface area (Å²) in [5.41, 5.74) is 7.03. The molecule has 1 saturated heterocycles. The molecule has 0 aliphatic carbocycles. The van der Waals surface area contributed by atoms with Crippen LogP contribution < -0.4 is 15.2 Å². The van der Waals surface area contributed by atoms with E-state index in [0.29, 0.717) is 16.8 Å². The second-order valence-electron chi connectivity index (χ2n) is 8.53. The van der Waals surface area contributed by atoms with Crippen molar-refractivity contribution in [2.24, 2.45) is 12.8 Å². The predicted molar refractivity (Wildman–Crippen MR) is 122 cm³/mol. The number of alkyl halides is 4. The number of pyridine rings is 1. The fourth-order valence-corrected chi connectivity index (χ4v) is 3.91. The summed E-state index contributed by atoms with van der Waals surface area (Å²) < 4.78 is 63.1. The van der Waals surface area contributed by atoms with Gasteiger partial charge in [-0.1, -0.05) is 12.1 Å². The Morgan fingerprint density at radius 1 is 1.19 bits per heavy atom. The highest BCUT2D eigenvalue weighted by Gasteiger charge is 2.34. The molecule has 37 heavy (non-hydrogen) atoms. The van der Waals surface area contributed by atoms with Crippen LogP contribution in [0.1, 0.15) is 22.3 Å². The summed E-state index contributed by atoms with van der Waals surface area (Å²) in [4.78, 5) is 34.3. The molecule has 3 heterocycles. The fraction of sp³-hybridized carbons (Fsp3) is 0.333. The number of nitrogens with two attached hydrogens (primary N) is 1. The highest BCUT2D eigenvalue weighted by Crippen LogP contribution is 2.27. The van der Waals surface area contributed by atoms with Gasteiger partial charge in [0, 0.05) is 38.0 Å². The highest BCUT2D eigenvalue weighted by atomic mass is 19.4. The Labute approximate surface area is 208 Å². The van der Waals surface area contributed by atoms with Gasteiger partial charge in [0.25, 0.3) is 5.91 Å². The number of carbonyl (C=O) groups is 2. The van der Waals surface area contributed by atoms with Gasteiger partial charge in [-0.05, 0) is 23.8 Å². The number of piperidine rings is 1. The van der Waals surface area contributed by atoms with E-state index in [0.717, 1.165) is 12.1 Å². The largest absolute Gasteiger partial charge is 0.573 e. The van der Waals surface area contributed by atoms with E-state index < -0.39 is 30.3 Å². The van der Waals surface area contributed by atoms with Crippen LogP contribution in [0.3, 0.4) is 0 Å². The number of primary amides is 1. The van der Waals surface area contributed by atoms with Crippen LogP contribution in [-0.2, 0) is 18.3 Å². The minimum atomic E-state index is -4.81. The lowest BCUT2D eigenvalue weighted by molar-refractivity contribution is -0.274. The van der Waals surface area contributed by atoms with Crippen LogP contribution >= 0.6 is 0 Å². The van der Waals surface area contributed by atoms with Gasteiger partial charge < -0.3 is 24.7 Å². The van der Waals surface area contributed by atoms with Gasteiger partial charge in [-0.3, -0.25) is 9.59 Å². The number of ether oxygens (including phenoxy) is 2. The first-order chi connectivity index (χ1) is 17.5. The van der Waals surface area contributed by atoms with Crippen LogP contribution in [0.4, 0.5) is 17.6 Å². The maximum absolute atomic E-state index is 15.0. The van der Waals surface area contributed by atoms with E-state index in [2.05, 4.69) is 14.7 Å². The van der Waals surface area contributed by atoms with Crippen molar-refractivity contribution in [1.82, 2.24) is 19.4 Å². The molecule has 2 N–H and O–H groups in total. The number of likely N-dealkylation sites (tertiary alicyclic amines) is 1. The third kappa shape index (κ3) is 6.54. The summed E-state index contributed by atoms with van der Waals surface area (Å²) in [6, 6.07) is 6.37. The Morgan fingerprint density at radius 3 is 2.51 bits per heavy atom. The number of rotatable bonds is 7. The Kier molecular flexibility index (Phi) is 7.32. The summed E-state index contributed by atoms with van der Waals surface area (Å²) in [6.07, 6.45) is -2.57. The molecule has 0 spiro atoms. The lowest BCUT2D eigenvalue weighted by atomic mass is 10.0. The number of carbonyl (C=O) groups excluding carboxylic acids is 2. The number of amides is 2. The van der Waals surface area contributed by atoms with Crippen molar-refractivity contribution in [3.63, 3.8) is 0 Å². The summed E-state index contributed by atoms with van der Waals surface area (Å²) in [6.45, 7) is -0.0756. The minimum Gasteiger partial charge on any atom is -0.471 e. The number of nitrogens with zero attached hydrogens (tertiary/aromatic N) is 4. The minimum absolute atomic E-state index is 0.0215. The van der Waals surface area contributed by atoms with Gasteiger partial charge in [-0.15, -0.1) is 13.2 Å². The molecular formula is C24H23F4N5O4. The molecule has 9 nitrogen and oxygen atoms in total. The molecule has 196 valence electrons. The van der Waals surface area contributed by atoms with Gasteiger partial charge >= 0.3 is 6.36 Å². The van der Waals surface area contributed by atoms with Crippen molar-refractivity contribution in [2.75, 3.05) is 13.1 Å². The standard InChI is InChI=1S/C24H23F4N5O4/c1-32-12-19(31-13-32)15-9-17(22(29)35)23(30-10-15)36-20-6-7-33(11-18(20)25)21(34)8-14-2-4-16(5-3-14)37-24(26,27)28/h2-5,9-10,12-13,18,20H,6-8,11H2,1H3,(H2,29,35)/t18-,20?/m0/s1. The summed E-state index contributed by atoms with van der Waals surface area (Å²) in [5, 5.41) is 0. The van der Waals surface area contributed by atoms with E-state index in [9.17, 15) is 27.2 Å². The number of aromatic nitrogens is 3. The molecule has 1 unspecified atom stereocenters. The predicted octanol–water partition coefficient (Wildman–Crippen LogP) is 3.04. The number of benzene rings is 1. The van der Waals surface area contributed by atoms with Gasteiger partial charge in [0.05, 0.1) is 25.0 Å². The second-order valence-corrected chi connectivity index (χ2v) is 8.53. The SMILES string of the molecule is Cn1cnc(-c2cnc(OC3CCN(C(=O)Cc4ccc(OC(F)(F)F)cc4)C[C@@H]3F)c(C(N)=O)c2)c1. The van der Waals surface area contributed by atoms with Crippen molar-refractivity contribution in [1.29, 1.82) is 0 Å². The van der Waals surface area contributed by atoms with Crippen LogP contribution in [0, 0.1) is 0 Å². The van der Waals surface area contributed by atoms with Crippen molar-refractivity contribution in [3.05, 3.63) is 60.2 Å². The Balaban J connectivity index is 1.37. The van der Waals surface area contributed by atoms with Crippen molar-refractivity contribution in [3.8, 4) is 22.9 Å². The van der Waals surface area contributed by atoms with E-state index in [1.165, 1.54) is 29.3 Å². The topological polar surface area (TPSA) is 113 Å². The molecule has 1 fully saturated rings. The molecule has 1 aliphatic heterocycles. The quantitative estimate of drug-likeness (QED) is 0.479. The van der Waals surface area contributed by atoms with Gasteiger partial charge in [0.15, 0.2) is 6.17 Å². The molecular weight excluding hydrogens is 498 g/mol. The Morgan fingerprint density at radius 2 is 1.92 bits per heavy atom. The van der Waals surface area contributed by atoms with Gasteiger partial charge in [-0.2, -0.15) is 0 Å². The molecule has 2 aromatic heterocycles. The first-order valence-corrected chi connectivity index (χ1v) is 11.2. The van der Waals surface area contributed by atoms with E-state index in [4.69, 9.17) is 10.5 Å². The number of hydrogen-bond donors (Lipinski definition) is 1. The van der Waals surface area contributed by atoms with Crippen molar-refractivity contribution in [2.45, 2.75) is 31.5 Å². The molecule has 1 aliphatic rings. The summed E-state index contributed by atoms with van der Waals surface area (Å²) in [5.74, 6) is -1.69. The maximum Gasteiger partial charge on any atom is 0.573 e. The molecule has 4 rings (SSSR count). The van der Waals surface area contributed by atoms with Crippen LogP contribution in [0.5, 0.6) is 11.6 Å². The zero-order valence-electron chi connectivity index (χ0n) is 19.6. The normalized spacial score (nSPS) is 17.9. The summed E-state index contributed by atoms with van der Waals surface area (Å²) >= 11 is 0. The molecule has 0 saturated carbocycles. The van der Waals surface area contributed by atoms with E-state index in [-0.39, 0.29) is 43.3 Å². The molecule has 2 amide bonds. The number of aryl methyl sites for hydroxylation is 1. The third-order valence-electron chi connectivity index (χ3n) is 5.73. The average Bonchev–Trinajstić information content (AvgIpc) is 3.27. The van der Waals surface area contributed by atoms with Crippen LogP contribution in [0.15, 0.2) is 49.1 Å². The van der Waals surface area contributed by atoms with E-state index in [1.54, 1.807) is 24.1 Å². The number of hydrogen-bond acceptors (Lipinski definition) is 6. The van der Waals surface area contributed by atoms with Crippen molar-refractivity contribution < 1.29 is 36.6 Å². The van der Waals surface area contributed by atoms with E-state index >= 15 is 0 Å². The average molecular weight is 521 g/mol. The third-order valence-corrected chi connectivity index (χ3v) is 5.73. The highest BCUT2D eigenvalue weighted by molar-refractivity contribution is 5.96. The van der Waals surface area contributed by atoms with Crippen LogP contribution in [0.2, 0.25) is 0 Å². The fourth-order valence-electron chi connectivity index (χ4n) is 3.91. The monoisotopic (exact) mass is 521 g/mol. The van der Waals surface area contributed by atoms with Crippen molar-refractivity contribution >= 4 is 11.8 Å². The van der Waals surface area contributed by atoms with E-state index in [1.807, 2.05) is 0 Å². The molecule has 0 radical (unpaired) electrons. The molecule has 2 atom stereocenters. The maximum atomic E-state index is 15.0. The Bertz CT molecular complexity index is 1280. The zero-order valence-corrected chi connectivity index (χ0v) is 19.6.